The second kappa shape index (κ2) is 10.6. The fraction of sp³-hybridized carbons (Fsp3) is 0.308. The number of benzene rings is 2. The minimum atomic E-state index is -0.307. The first-order valence-corrected chi connectivity index (χ1v) is 11.9. The Morgan fingerprint density at radius 3 is 2.27 bits per heavy atom. The molecule has 2 aromatic carbocycles. The van der Waals surface area contributed by atoms with Crippen LogP contribution in [-0.2, 0) is 29.1 Å². The molecule has 5 nitrogen and oxygen atoms in total. The highest BCUT2D eigenvalue weighted by molar-refractivity contribution is 7.09. The van der Waals surface area contributed by atoms with Crippen molar-refractivity contribution in [3.63, 3.8) is 0 Å². The van der Waals surface area contributed by atoms with E-state index < -0.39 is 0 Å². The molecule has 1 fully saturated rings. The zero-order valence-electron chi connectivity index (χ0n) is 18.6. The molecule has 2 amide bonds. The van der Waals surface area contributed by atoms with Gasteiger partial charge in [-0.15, -0.1) is 11.3 Å². The summed E-state index contributed by atoms with van der Waals surface area (Å²) < 4.78 is 18.5. The van der Waals surface area contributed by atoms with E-state index in [-0.39, 0.29) is 36.6 Å². The SMILES string of the molecule is COc1ccc(CC(=O)N(CC(=O)N(Cc2ccc(F)cc2)Cc2cccs2)C2CC2)cc1. The number of hydrogen-bond donors (Lipinski definition) is 0. The number of carbonyl (C=O) groups is 2. The van der Waals surface area contributed by atoms with Crippen molar-refractivity contribution in [2.45, 2.75) is 38.4 Å². The average Bonchev–Trinajstić information content (AvgIpc) is 3.53. The fourth-order valence-electron chi connectivity index (χ4n) is 3.71. The van der Waals surface area contributed by atoms with Gasteiger partial charge in [0.05, 0.1) is 20.1 Å². The van der Waals surface area contributed by atoms with Crippen LogP contribution < -0.4 is 4.74 Å². The monoisotopic (exact) mass is 466 g/mol. The quantitative estimate of drug-likeness (QED) is 0.437. The lowest BCUT2D eigenvalue weighted by molar-refractivity contribution is -0.141. The Morgan fingerprint density at radius 1 is 0.970 bits per heavy atom. The summed E-state index contributed by atoms with van der Waals surface area (Å²) in [5.74, 6) is 0.279. The summed E-state index contributed by atoms with van der Waals surface area (Å²) in [7, 11) is 1.61. The van der Waals surface area contributed by atoms with E-state index >= 15 is 0 Å². The third kappa shape index (κ3) is 6.42. The molecule has 0 N–H and O–H groups in total. The van der Waals surface area contributed by atoms with Crippen molar-refractivity contribution in [3.05, 3.63) is 87.9 Å². The van der Waals surface area contributed by atoms with Crippen LogP contribution in [0.1, 0.15) is 28.8 Å². The van der Waals surface area contributed by atoms with Crippen LogP contribution in [0.5, 0.6) is 5.75 Å². The molecule has 172 valence electrons. The first-order valence-electron chi connectivity index (χ1n) is 11.0. The highest BCUT2D eigenvalue weighted by Crippen LogP contribution is 2.28. The van der Waals surface area contributed by atoms with E-state index in [2.05, 4.69) is 0 Å². The summed E-state index contributed by atoms with van der Waals surface area (Å²) in [6.45, 7) is 0.869. The Balaban J connectivity index is 1.46. The molecule has 33 heavy (non-hydrogen) atoms. The van der Waals surface area contributed by atoms with Crippen LogP contribution in [0.2, 0.25) is 0 Å². The predicted molar refractivity (Wildman–Crippen MR) is 126 cm³/mol. The number of ether oxygens (including phenoxy) is 1. The molecule has 0 spiro atoms. The van der Waals surface area contributed by atoms with Crippen LogP contribution >= 0.6 is 11.3 Å². The molecule has 0 atom stereocenters. The lowest BCUT2D eigenvalue weighted by Gasteiger charge is -2.28. The Hall–Kier alpha value is -3.19. The molecule has 7 heteroatoms. The number of hydrogen-bond acceptors (Lipinski definition) is 4. The zero-order valence-corrected chi connectivity index (χ0v) is 19.4. The van der Waals surface area contributed by atoms with Crippen LogP contribution in [0.25, 0.3) is 0 Å². The van der Waals surface area contributed by atoms with Crippen molar-refractivity contribution in [1.82, 2.24) is 9.80 Å². The van der Waals surface area contributed by atoms with Crippen LogP contribution in [0.4, 0.5) is 4.39 Å². The third-order valence-corrected chi connectivity index (χ3v) is 6.56. The normalized spacial score (nSPS) is 12.9. The van der Waals surface area contributed by atoms with E-state index in [0.29, 0.717) is 13.1 Å². The van der Waals surface area contributed by atoms with Gasteiger partial charge in [0.2, 0.25) is 11.8 Å². The van der Waals surface area contributed by atoms with Gasteiger partial charge in [-0.3, -0.25) is 9.59 Å². The fourth-order valence-corrected chi connectivity index (χ4v) is 4.42. The number of nitrogens with zero attached hydrogens (tertiary/aromatic N) is 2. The van der Waals surface area contributed by atoms with E-state index in [1.165, 1.54) is 12.1 Å². The number of halogens is 1. The van der Waals surface area contributed by atoms with Gasteiger partial charge in [0, 0.05) is 17.5 Å². The standard InChI is InChI=1S/C26H27FN2O3S/c1-32-23-12-6-19(7-13-23)15-25(30)29(22-10-11-22)18-26(31)28(17-24-3-2-14-33-24)16-20-4-8-21(27)9-5-20/h2-9,12-14,22H,10-11,15-18H2,1H3. The van der Waals surface area contributed by atoms with E-state index in [0.717, 1.165) is 34.6 Å². The van der Waals surface area contributed by atoms with Gasteiger partial charge in [-0.2, -0.15) is 0 Å². The van der Waals surface area contributed by atoms with Gasteiger partial charge in [0.25, 0.3) is 0 Å². The van der Waals surface area contributed by atoms with Crippen LogP contribution in [0, 0.1) is 5.82 Å². The molecule has 1 aromatic heterocycles. The summed E-state index contributed by atoms with van der Waals surface area (Å²) in [4.78, 5) is 31.0. The van der Waals surface area contributed by atoms with E-state index in [1.54, 1.807) is 40.4 Å². The number of rotatable bonds is 10. The third-order valence-electron chi connectivity index (χ3n) is 5.69. The molecule has 0 unspecified atom stereocenters. The van der Waals surface area contributed by atoms with Gasteiger partial charge in [-0.05, 0) is 59.7 Å². The molecule has 3 aromatic rings. The predicted octanol–water partition coefficient (Wildman–Crippen LogP) is 4.66. The van der Waals surface area contributed by atoms with Crippen LogP contribution in [0.15, 0.2) is 66.0 Å². The maximum atomic E-state index is 13.4. The molecule has 0 radical (unpaired) electrons. The molecule has 0 bridgehead atoms. The molecular formula is C26H27FN2O3S. The summed E-state index contributed by atoms with van der Waals surface area (Å²) in [6.07, 6.45) is 2.09. The maximum absolute atomic E-state index is 13.4. The van der Waals surface area contributed by atoms with Crippen LogP contribution in [-0.4, -0.2) is 41.3 Å². The molecule has 1 saturated carbocycles. The largest absolute Gasteiger partial charge is 0.497 e. The second-order valence-electron chi connectivity index (χ2n) is 8.23. The number of methoxy groups -OCH3 is 1. The molecule has 4 rings (SSSR count). The van der Waals surface area contributed by atoms with E-state index in [9.17, 15) is 14.0 Å². The van der Waals surface area contributed by atoms with Crippen molar-refractivity contribution in [3.8, 4) is 5.75 Å². The number of carbonyl (C=O) groups excluding carboxylic acids is 2. The van der Waals surface area contributed by atoms with Crippen molar-refractivity contribution in [1.29, 1.82) is 0 Å². The number of amides is 2. The van der Waals surface area contributed by atoms with E-state index in [4.69, 9.17) is 4.74 Å². The van der Waals surface area contributed by atoms with Crippen molar-refractivity contribution < 1.29 is 18.7 Å². The summed E-state index contributed by atoms with van der Waals surface area (Å²) in [6, 6.07) is 17.7. The molecule has 0 saturated heterocycles. The van der Waals surface area contributed by atoms with Crippen molar-refractivity contribution in [2.24, 2.45) is 0 Å². The summed E-state index contributed by atoms with van der Waals surface area (Å²) in [5, 5.41) is 1.98. The number of thiophene rings is 1. The van der Waals surface area contributed by atoms with Gasteiger partial charge in [0.1, 0.15) is 18.1 Å². The van der Waals surface area contributed by atoms with Gasteiger partial charge in [0.15, 0.2) is 0 Å². The second-order valence-corrected chi connectivity index (χ2v) is 9.27. The topological polar surface area (TPSA) is 49.9 Å². The van der Waals surface area contributed by atoms with E-state index in [1.807, 2.05) is 41.8 Å². The summed E-state index contributed by atoms with van der Waals surface area (Å²) >= 11 is 1.59. The maximum Gasteiger partial charge on any atom is 0.242 e. The first-order chi connectivity index (χ1) is 16.0. The first kappa shape index (κ1) is 23.0. The molecular weight excluding hydrogens is 439 g/mol. The Kier molecular flexibility index (Phi) is 7.40. The van der Waals surface area contributed by atoms with Gasteiger partial charge >= 0.3 is 0 Å². The highest BCUT2D eigenvalue weighted by atomic mass is 32.1. The Morgan fingerprint density at radius 2 is 1.67 bits per heavy atom. The lowest BCUT2D eigenvalue weighted by Crippen LogP contribution is -2.44. The smallest absolute Gasteiger partial charge is 0.242 e. The van der Waals surface area contributed by atoms with Gasteiger partial charge < -0.3 is 14.5 Å². The molecule has 1 aliphatic carbocycles. The summed E-state index contributed by atoms with van der Waals surface area (Å²) in [5.41, 5.74) is 1.74. The Labute approximate surface area is 197 Å². The zero-order chi connectivity index (χ0) is 23.2. The van der Waals surface area contributed by atoms with Crippen LogP contribution in [0.3, 0.4) is 0 Å². The minimum absolute atomic E-state index is 0.0473. The molecule has 0 aliphatic heterocycles. The lowest BCUT2D eigenvalue weighted by atomic mass is 10.1. The minimum Gasteiger partial charge on any atom is -0.497 e. The Bertz CT molecular complexity index is 1060. The molecule has 1 heterocycles. The van der Waals surface area contributed by atoms with Crippen molar-refractivity contribution >= 4 is 23.2 Å². The average molecular weight is 467 g/mol. The molecule has 1 aliphatic rings. The highest BCUT2D eigenvalue weighted by Gasteiger charge is 2.34. The van der Waals surface area contributed by atoms with Gasteiger partial charge in [-0.25, -0.2) is 4.39 Å². The van der Waals surface area contributed by atoms with Gasteiger partial charge in [-0.1, -0.05) is 30.3 Å². The van der Waals surface area contributed by atoms with Crippen molar-refractivity contribution in [2.75, 3.05) is 13.7 Å².